The fourth-order valence-corrected chi connectivity index (χ4v) is 0. The van der Waals surface area contributed by atoms with E-state index in [0.717, 1.165) is 0 Å². The molecule has 0 fully saturated rings. The molecule has 0 amide bonds. The molecule has 12 nitrogen and oxygen atoms in total. The summed E-state index contributed by atoms with van der Waals surface area (Å²) in [5.74, 6) is 0. The van der Waals surface area contributed by atoms with Crippen molar-refractivity contribution < 1.29 is 90.5 Å². The molecule has 19 heavy (non-hydrogen) atoms. The summed E-state index contributed by atoms with van der Waals surface area (Å²) in [7, 11) is 0. The van der Waals surface area contributed by atoms with Gasteiger partial charge in [0.25, 0.3) is 0 Å². The molecule has 6 N–H and O–H groups in total. The van der Waals surface area contributed by atoms with Crippen LogP contribution in [0.3, 0.4) is 0 Å². The van der Waals surface area contributed by atoms with E-state index < -0.39 is 0 Å². The Morgan fingerprint density at radius 2 is 0.368 bits per heavy atom. The molecule has 0 aromatic heterocycles. The average Bonchev–Trinajstić information content (AvgIpc) is 2.23. The van der Waals surface area contributed by atoms with Crippen molar-refractivity contribution in [2.45, 2.75) is 0 Å². The molecule has 0 spiro atoms. The van der Waals surface area contributed by atoms with E-state index in [4.69, 9.17) is 59.4 Å². The summed E-state index contributed by atoms with van der Waals surface area (Å²) in [4.78, 5) is 49.4. The Morgan fingerprint density at radius 3 is 0.368 bits per heavy atom. The molecule has 0 aliphatic carbocycles. The molecule has 0 atom stereocenters. The molecule has 0 radical (unpaired) electrons. The van der Waals surface area contributed by atoms with Crippen LogP contribution in [0.4, 0.5) is 0 Å². The average molecular weight is 508 g/mol. The molecule has 0 rings (SSSR count). The minimum Gasteiger partial charge on any atom is -0.665 e. The topological polar surface area (TPSA) is 224 Å². The van der Waals surface area contributed by atoms with Gasteiger partial charge in [0, 0.05) is 31.1 Å². The van der Waals surface area contributed by atoms with Gasteiger partial charge in [0.2, 0.25) is 0 Å². The normalized spacial score (nSPS) is 3.79. The van der Waals surface area contributed by atoms with Gasteiger partial charge in [-0.25, -0.2) is 0 Å². The van der Waals surface area contributed by atoms with E-state index in [1.54, 1.807) is 0 Å². The van der Waals surface area contributed by atoms with Crippen LogP contribution in [0, 0.1) is 31.1 Å². The maximum atomic E-state index is 8.24. The van der Waals surface area contributed by atoms with Crippen LogP contribution in [0.15, 0.2) is 0 Å². The second kappa shape index (κ2) is 234. The van der Waals surface area contributed by atoms with Crippen molar-refractivity contribution in [3.63, 3.8) is 0 Å². The van der Waals surface area contributed by atoms with Crippen LogP contribution in [-0.2, 0) is 28.8 Å². The van der Waals surface area contributed by atoms with Crippen LogP contribution in [0.2, 0.25) is 0 Å². The predicted molar refractivity (Wildman–Crippen MR) is 49.9 cm³/mol. The van der Waals surface area contributed by atoms with Crippen LogP contribution in [-0.4, -0.2) is 69.5 Å². The van der Waals surface area contributed by atoms with Crippen molar-refractivity contribution in [3.05, 3.63) is 0 Å². The van der Waals surface area contributed by atoms with E-state index in [9.17, 15) is 0 Å². The first-order chi connectivity index (χ1) is 8.49. The zero-order chi connectivity index (χ0) is 16.2. The van der Waals surface area contributed by atoms with Gasteiger partial charge < -0.3 is 59.4 Å². The van der Waals surface area contributed by atoms with E-state index in [1.165, 1.54) is 0 Å². The second-order valence-electron chi connectivity index (χ2n) is 0.548. The van der Waals surface area contributed by atoms with Gasteiger partial charge in [0.05, 0.1) is 0 Å². The van der Waals surface area contributed by atoms with E-state index in [0.29, 0.717) is 38.8 Å². The second-order valence-corrected chi connectivity index (χ2v) is 0.548. The van der Waals surface area contributed by atoms with Crippen LogP contribution in [0.5, 0.6) is 0 Å². The van der Waals surface area contributed by atoms with Gasteiger partial charge in [-0.1, -0.05) is 38.8 Å². The standard InChI is InChI=1S/6CHO2.U/c6*2-1-3;/h6*(H,2,3);/q6*-1;. The summed E-state index contributed by atoms with van der Waals surface area (Å²) in [6.45, 7) is 3.00. The van der Waals surface area contributed by atoms with Gasteiger partial charge >= 0.3 is 0 Å². The Labute approximate surface area is 129 Å². The minimum atomic E-state index is 0. The van der Waals surface area contributed by atoms with Crippen LogP contribution >= 0.6 is 0 Å². The molecule has 0 saturated heterocycles. The third-order valence-corrected chi connectivity index (χ3v) is 0. The Bertz CT molecular complexity index is 114. The summed E-state index contributed by atoms with van der Waals surface area (Å²) in [6.07, 6.45) is 0. The van der Waals surface area contributed by atoms with Crippen molar-refractivity contribution >= 4 is 38.8 Å². The fourth-order valence-electron chi connectivity index (χ4n) is 0. The maximum Gasteiger partial charge on any atom is 0 e. The summed E-state index contributed by atoms with van der Waals surface area (Å²) in [6, 6.07) is 0. The Hall–Kier alpha value is -2.13. The molecular weight excluding hydrogens is 502 g/mol. The Morgan fingerprint density at radius 1 is 0.368 bits per heavy atom. The van der Waals surface area contributed by atoms with Crippen LogP contribution in [0.1, 0.15) is 0 Å². The first-order valence-electron chi connectivity index (χ1n) is 2.57. The molecule has 0 aromatic rings. The Balaban J connectivity index is -0.0000000180. The monoisotopic (exact) mass is 508 g/mol. The zero-order valence-corrected chi connectivity index (χ0v) is 12.8. The van der Waals surface area contributed by atoms with Gasteiger partial charge in [0.1, 0.15) is 0 Å². The van der Waals surface area contributed by atoms with Gasteiger partial charge in [-0.05, 0) is 0 Å². The number of hydrogen-bond acceptors (Lipinski definition) is 6. The number of hydrogen-bond donors (Lipinski definition) is 6. The fraction of sp³-hybridized carbons (Fsp3) is 0. The van der Waals surface area contributed by atoms with Gasteiger partial charge in [-0.2, -0.15) is 0 Å². The molecule has 0 bridgehead atoms. The van der Waals surface area contributed by atoms with Gasteiger partial charge in [-0.3, -0.25) is 0 Å². The molecular formula is C6H6O12U-6. The molecule has 0 saturated carbocycles. The van der Waals surface area contributed by atoms with Crippen molar-refractivity contribution in [1.82, 2.24) is 0 Å². The quantitative estimate of drug-likeness (QED) is 0.190. The third kappa shape index (κ3) is 674. The molecule has 0 unspecified atom stereocenters. The molecule has 13 heteroatoms. The van der Waals surface area contributed by atoms with Crippen LogP contribution < -0.4 is 0 Å². The largest absolute Gasteiger partial charge is 0.665 e. The predicted octanol–water partition coefficient (Wildman–Crippen LogP) is -2.33. The summed E-state index contributed by atoms with van der Waals surface area (Å²) in [5, 5.41) is 40.6. The maximum absolute atomic E-state index is 8.24. The number of aliphatic hydroxyl groups excluding tert-OH is 6. The third-order valence-electron chi connectivity index (χ3n) is 0. The first kappa shape index (κ1) is 43.6. The van der Waals surface area contributed by atoms with Crippen LogP contribution in [0.25, 0.3) is 0 Å². The molecule has 0 aliphatic rings. The van der Waals surface area contributed by atoms with Crippen molar-refractivity contribution in [1.29, 1.82) is 0 Å². The van der Waals surface area contributed by atoms with Crippen molar-refractivity contribution in [2.24, 2.45) is 0 Å². The van der Waals surface area contributed by atoms with Gasteiger partial charge in [-0.15, -0.1) is 0 Å². The smallest absolute Gasteiger partial charge is 0 e. The number of rotatable bonds is 0. The zero-order valence-electron chi connectivity index (χ0n) is 8.63. The van der Waals surface area contributed by atoms with E-state index in [-0.39, 0.29) is 31.1 Å². The van der Waals surface area contributed by atoms with Gasteiger partial charge in [0.15, 0.2) is 0 Å². The first-order valence-corrected chi connectivity index (χ1v) is 2.57. The SMILES string of the molecule is O=[C-]O.O=[C-]O.O=[C-]O.O=[C-]O.O=[C-]O.O=[C-]O.[U]. The van der Waals surface area contributed by atoms with E-state index >= 15 is 0 Å². The molecule has 0 aromatic carbocycles. The summed E-state index contributed by atoms with van der Waals surface area (Å²) < 4.78 is 0. The van der Waals surface area contributed by atoms with E-state index in [2.05, 4.69) is 0 Å². The minimum absolute atomic E-state index is 0. The summed E-state index contributed by atoms with van der Waals surface area (Å²) in [5.41, 5.74) is 0. The van der Waals surface area contributed by atoms with Crippen molar-refractivity contribution in [3.8, 4) is 0 Å². The molecule has 112 valence electrons. The Kier molecular flexibility index (Phi) is 537. The van der Waals surface area contributed by atoms with E-state index in [1.807, 2.05) is 0 Å². The van der Waals surface area contributed by atoms with Crippen molar-refractivity contribution in [2.75, 3.05) is 0 Å². The molecule has 0 aliphatic heterocycles. The summed E-state index contributed by atoms with van der Waals surface area (Å²) >= 11 is 0. The molecule has 0 heterocycles.